The number of halogens is 3. The van der Waals surface area contributed by atoms with Crippen LogP contribution in [0.3, 0.4) is 0 Å². The van der Waals surface area contributed by atoms with E-state index in [1.165, 1.54) is 31.7 Å². The highest BCUT2D eigenvalue weighted by atomic mass is 32.2. The van der Waals surface area contributed by atoms with Crippen molar-refractivity contribution < 1.29 is 18.0 Å². The molecule has 1 aromatic heterocycles. The van der Waals surface area contributed by atoms with Crippen molar-refractivity contribution in [2.24, 2.45) is 0 Å². The number of hydrogen-bond acceptors (Lipinski definition) is 4. The molecule has 0 bridgehead atoms. The lowest BCUT2D eigenvalue weighted by atomic mass is 10.2. The van der Waals surface area contributed by atoms with Crippen LogP contribution in [0.4, 0.5) is 19.0 Å². The molecule has 1 atom stereocenters. The Kier molecular flexibility index (Phi) is 5.76. The van der Waals surface area contributed by atoms with Crippen LogP contribution < -0.4 is 10.2 Å². The predicted octanol–water partition coefficient (Wildman–Crippen LogP) is 3.47. The number of aromatic nitrogens is 1. The molecule has 1 saturated heterocycles. The number of carbonyl (C=O) groups excluding carboxylic acids is 1. The molecule has 4 nitrogen and oxygen atoms in total. The second kappa shape index (κ2) is 7.85. The molecule has 8 heteroatoms. The summed E-state index contributed by atoms with van der Waals surface area (Å²) in [7, 11) is 0. The maximum absolute atomic E-state index is 12.6. The van der Waals surface area contributed by atoms with Crippen LogP contribution in [0.5, 0.6) is 0 Å². The van der Waals surface area contributed by atoms with Gasteiger partial charge in [0, 0.05) is 30.6 Å². The lowest BCUT2D eigenvalue weighted by Crippen LogP contribution is -2.38. The first-order valence-corrected chi connectivity index (χ1v) is 9.66. The van der Waals surface area contributed by atoms with Crippen molar-refractivity contribution in [2.75, 3.05) is 23.7 Å². The van der Waals surface area contributed by atoms with Crippen molar-refractivity contribution in [3.05, 3.63) is 23.9 Å². The van der Waals surface area contributed by atoms with Crippen molar-refractivity contribution >= 4 is 23.5 Å². The van der Waals surface area contributed by atoms with Gasteiger partial charge in [0.2, 0.25) is 5.91 Å². The first kappa shape index (κ1) is 18.4. The minimum Gasteiger partial charge on any atom is -0.354 e. The number of hydrogen-bond donors (Lipinski definition) is 1. The van der Waals surface area contributed by atoms with E-state index in [1.807, 2.05) is 4.90 Å². The summed E-state index contributed by atoms with van der Waals surface area (Å²) in [6.07, 6.45) is 2.20. The Morgan fingerprint density at radius 1 is 1.28 bits per heavy atom. The maximum Gasteiger partial charge on any atom is 0.417 e. The second-order valence-electron chi connectivity index (χ2n) is 6.62. The highest BCUT2D eigenvalue weighted by molar-refractivity contribution is 8.00. The maximum atomic E-state index is 12.6. The molecule has 1 aliphatic carbocycles. The molecule has 1 aliphatic heterocycles. The third-order valence-electron chi connectivity index (χ3n) is 4.70. The average molecular weight is 373 g/mol. The van der Waals surface area contributed by atoms with Gasteiger partial charge in [-0.2, -0.15) is 13.2 Å². The minimum atomic E-state index is -4.37. The van der Waals surface area contributed by atoms with Crippen molar-refractivity contribution in [1.82, 2.24) is 10.3 Å². The lowest BCUT2D eigenvalue weighted by molar-refractivity contribution is -0.137. The molecule has 0 radical (unpaired) electrons. The first-order chi connectivity index (χ1) is 11.9. The van der Waals surface area contributed by atoms with Crippen molar-refractivity contribution in [2.45, 2.75) is 49.6 Å². The Hall–Kier alpha value is -1.44. The summed E-state index contributed by atoms with van der Waals surface area (Å²) >= 11 is 1.73. The van der Waals surface area contributed by atoms with E-state index < -0.39 is 11.7 Å². The topological polar surface area (TPSA) is 45.2 Å². The molecule has 2 fully saturated rings. The third kappa shape index (κ3) is 5.03. The molecule has 2 aliphatic rings. The summed E-state index contributed by atoms with van der Waals surface area (Å²) in [5.74, 6) is 1.05. The van der Waals surface area contributed by atoms with Crippen LogP contribution in [-0.4, -0.2) is 41.0 Å². The summed E-state index contributed by atoms with van der Waals surface area (Å²) < 4.78 is 37.8. The van der Waals surface area contributed by atoms with Crippen LogP contribution in [0, 0.1) is 0 Å². The largest absolute Gasteiger partial charge is 0.417 e. The molecule has 1 saturated carbocycles. The quantitative estimate of drug-likeness (QED) is 0.858. The fraction of sp³-hybridized carbons (Fsp3) is 0.647. The number of thioether (sulfide) groups is 1. The molecule has 1 N–H and O–H groups in total. The van der Waals surface area contributed by atoms with Gasteiger partial charge in [0.15, 0.2) is 0 Å². The lowest BCUT2D eigenvalue weighted by Gasteiger charge is -2.18. The normalized spacial score (nSPS) is 21.7. The van der Waals surface area contributed by atoms with E-state index >= 15 is 0 Å². The van der Waals surface area contributed by atoms with Gasteiger partial charge in [-0.3, -0.25) is 4.79 Å². The van der Waals surface area contributed by atoms with E-state index in [0.29, 0.717) is 29.9 Å². The minimum absolute atomic E-state index is 0.0285. The Morgan fingerprint density at radius 3 is 2.68 bits per heavy atom. The van der Waals surface area contributed by atoms with Crippen LogP contribution in [0.1, 0.15) is 37.7 Å². The van der Waals surface area contributed by atoms with Crippen LogP contribution in [0.15, 0.2) is 18.3 Å². The number of alkyl halides is 3. The summed E-state index contributed by atoms with van der Waals surface area (Å²) in [4.78, 5) is 17.9. The van der Waals surface area contributed by atoms with Gasteiger partial charge in [-0.1, -0.05) is 12.8 Å². The van der Waals surface area contributed by atoms with Crippen LogP contribution in [0.25, 0.3) is 0 Å². The standard InChI is InChI=1S/C17H22F3N3OS/c18-17(19,20)12-5-6-15(21-9-12)23-8-7-13(10-23)22-16(24)11-25-14-3-1-2-4-14/h5-6,9,13-14H,1-4,7-8,10-11H2,(H,22,24)/t13-/m1/s1. The number of anilines is 1. The summed E-state index contributed by atoms with van der Waals surface area (Å²) in [6.45, 7) is 1.26. The SMILES string of the molecule is O=C(CSC1CCCC1)N[C@@H]1CCN(c2ccc(C(F)(F)F)cn2)C1. The van der Waals surface area contributed by atoms with E-state index in [2.05, 4.69) is 10.3 Å². The molecular formula is C17H22F3N3OS. The van der Waals surface area contributed by atoms with Crippen molar-refractivity contribution in [1.29, 1.82) is 0 Å². The van der Waals surface area contributed by atoms with Gasteiger partial charge in [-0.25, -0.2) is 4.98 Å². The smallest absolute Gasteiger partial charge is 0.354 e. The van der Waals surface area contributed by atoms with Crippen LogP contribution in [-0.2, 0) is 11.0 Å². The van der Waals surface area contributed by atoms with Crippen LogP contribution in [0.2, 0.25) is 0 Å². The molecule has 1 aromatic rings. The highest BCUT2D eigenvalue weighted by Crippen LogP contribution is 2.30. The Bertz CT molecular complexity index is 588. The summed E-state index contributed by atoms with van der Waals surface area (Å²) in [5.41, 5.74) is -0.746. The zero-order valence-corrected chi connectivity index (χ0v) is 14.7. The molecule has 1 amide bonds. The van der Waals surface area contributed by atoms with E-state index in [4.69, 9.17) is 0 Å². The zero-order valence-electron chi connectivity index (χ0n) is 13.9. The second-order valence-corrected chi connectivity index (χ2v) is 7.91. The average Bonchev–Trinajstić information content (AvgIpc) is 3.24. The Balaban J connectivity index is 1.45. The van der Waals surface area contributed by atoms with E-state index in [0.717, 1.165) is 18.7 Å². The molecule has 25 heavy (non-hydrogen) atoms. The third-order valence-corrected chi connectivity index (χ3v) is 6.08. The molecule has 138 valence electrons. The molecule has 2 heterocycles. The Labute approximate surface area is 149 Å². The molecule has 3 rings (SSSR count). The molecular weight excluding hydrogens is 351 g/mol. The number of nitrogens with one attached hydrogen (secondary N) is 1. The monoisotopic (exact) mass is 373 g/mol. The first-order valence-electron chi connectivity index (χ1n) is 8.61. The zero-order chi connectivity index (χ0) is 17.9. The predicted molar refractivity (Wildman–Crippen MR) is 92.7 cm³/mol. The van der Waals surface area contributed by atoms with Crippen molar-refractivity contribution in [3.8, 4) is 0 Å². The van der Waals surface area contributed by atoms with Gasteiger partial charge in [0.1, 0.15) is 5.82 Å². The van der Waals surface area contributed by atoms with Gasteiger partial charge in [-0.15, -0.1) is 11.8 Å². The van der Waals surface area contributed by atoms with Gasteiger partial charge in [-0.05, 0) is 31.4 Å². The van der Waals surface area contributed by atoms with E-state index in [9.17, 15) is 18.0 Å². The number of rotatable bonds is 5. The number of amides is 1. The van der Waals surface area contributed by atoms with Crippen molar-refractivity contribution in [3.63, 3.8) is 0 Å². The molecule has 0 spiro atoms. The number of carbonyl (C=O) groups is 1. The number of pyridine rings is 1. The number of nitrogens with zero attached hydrogens (tertiary/aromatic N) is 2. The van der Waals surface area contributed by atoms with Gasteiger partial charge in [0.25, 0.3) is 0 Å². The summed E-state index contributed by atoms with van der Waals surface area (Å²) in [6, 6.07) is 2.47. The van der Waals surface area contributed by atoms with Gasteiger partial charge >= 0.3 is 6.18 Å². The molecule has 0 aromatic carbocycles. The fourth-order valence-corrected chi connectivity index (χ4v) is 4.48. The van der Waals surface area contributed by atoms with Gasteiger partial charge < -0.3 is 10.2 Å². The fourth-order valence-electron chi connectivity index (χ4n) is 3.34. The van der Waals surface area contributed by atoms with Crippen LogP contribution >= 0.6 is 11.8 Å². The van der Waals surface area contributed by atoms with Gasteiger partial charge in [0.05, 0.1) is 11.3 Å². The Morgan fingerprint density at radius 2 is 2.04 bits per heavy atom. The van der Waals surface area contributed by atoms with E-state index in [1.54, 1.807) is 11.8 Å². The molecule has 0 unspecified atom stereocenters. The highest BCUT2D eigenvalue weighted by Gasteiger charge is 2.31. The van der Waals surface area contributed by atoms with E-state index in [-0.39, 0.29) is 11.9 Å². The summed E-state index contributed by atoms with van der Waals surface area (Å²) in [5, 5.41) is 3.64.